The Bertz CT molecular complexity index is 1280. The minimum atomic E-state index is -3.63. The van der Waals surface area contributed by atoms with Crippen LogP contribution in [0.1, 0.15) is 25.0 Å². The van der Waals surface area contributed by atoms with E-state index in [0.717, 1.165) is 19.3 Å². The van der Waals surface area contributed by atoms with Gasteiger partial charge < -0.3 is 9.73 Å². The van der Waals surface area contributed by atoms with Gasteiger partial charge in [-0.2, -0.15) is 9.57 Å². The van der Waals surface area contributed by atoms with E-state index in [1.807, 2.05) is 6.07 Å². The number of hydrogen-bond acceptors (Lipinski definition) is 7. The maximum Gasteiger partial charge on any atom is 0.266 e. The van der Waals surface area contributed by atoms with Crippen molar-refractivity contribution in [3.05, 3.63) is 59.3 Å². The van der Waals surface area contributed by atoms with Crippen molar-refractivity contribution in [3.8, 4) is 16.8 Å². The quantitative estimate of drug-likeness (QED) is 0.430. The van der Waals surface area contributed by atoms with E-state index in [1.165, 1.54) is 33.9 Å². The summed E-state index contributed by atoms with van der Waals surface area (Å²) in [6, 6.07) is 11.5. The monoisotopic (exact) mass is 468 g/mol. The smallest absolute Gasteiger partial charge is 0.266 e. The van der Waals surface area contributed by atoms with Crippen molar-refractivity contribution in [2.24, 2.45) is 0 Å². The Hall–Kier alpha value is -3.26. The van der Waals surface area contributed by atoms with Gasteiger partial charge in [-0.05, 0) is 49.2 Å². The molecule has 1 fully saturated rings. The van der Waals surface area contributed by atoms with E-state index in [1.54, 1.807) is 35.9 Å². The van der Waals surface area contributed by atoms with Crippen molar-refractivity contribution in [2.45, 2.75) is 24.2 Å². The third kappa shape index (κ3) is 4.80. The minimum absolute atomic E-state index is 0.113. The standard InChI is InChI=1S/C22H20N4O4S2/c23-14-16(12-18-15-31-22(25-18)20-8-5-11-30-20)21(27)24-17-6-4-7-19(13-17)32(28,29)26-9-2-1-3-10-26/h4-8,11-13,15H,1-3,9-10H2,(H,24,27)/b16-12-. The predicted octanol–water partition coefficient (Wildman–Crippen LogP) is 4.12. The van der Waals surface area contributed by atoms with Crippen LogP contribution in [0.4, 0.5) is 5.69 Å². The summed E-state index contributed by atoms with van der Waals surface area (Å²) in [5.41, 5.74) is 0.601. The summed E-state index contributed by atoms with van der Waals surface area (Å²) in [4.78, 5) is 17.1. The summed E-state index contributed by atoms with van der Waals surface area (Å²) in [6.07, 6.45) is 5.62. The topological polar surface area (TPSA) is 116 Å². The number of sulfonamides is 1. The molecule has 3 heterocycles. The lowest BCUT2D eigenvalue weighted by Crippen LogP contribution is -2.35. The Balaban J connectivity index is 1.51. The van der Waals surface area contributed by atoms with E-state index in [-0.39, 0.29) is 10.5 Å². The van der Waals surface area contributed by atoms with Crippen molar-refractivity contribution >= 4 is 39.0 Å². The minimum Gasteiger partial charge on any atom is -0.462 e. The Kier molecular flexibility index (Phi) is 6.50. The average Bonchev–Trinajstić information content (AvgIpc) is 3.50. The maximum absolute atomic E-state index is 12.9. The number of furan rings is 1. The van der Waals surface area contributed by atoms with E-state index in [9.17, 15) is 18.5 Å². The van der Waals surface area contributed by atoms with Crippen LogP contribution in [0.3, 0.4) is 0 Å². The van der Waals surface area contributed by atoms with Crippen LogP contribution >= 0.6 is 11.3 Å². The molecule has 0 unspecified atom stereocenters. The van der Waals surface area contributed by atoms with Crippen molar-refractivity contribution < 1.29 is 17.6 Å². The molecule has 1 aromatic carbocycles. The molecular weight excluding hydrogens is 448 g/mol. The fourth-order valence-electron chi connectivity index (χ4n) is 3.35. The van der Waals surface area contributed by atoms with Crippen LogP contribution in [0.2, 0.25) is 0 Å². The van der Waals surface area contributed by atoms with Gasteiger partial charge in [-0.3, -0.25) is 4.79 Å². The molecule has 0 atom stereocenters. The molecule has 1 saturated heterocycles. The van der Waals surface area contributed by atoms with E-state index in [4.69, 9.17) is 4.42 Å². The van der Waals surface area contributed by atoms with Gasteiger partial charge in [-0.1, -0.05) is 12.5 Å². The fraction of sp³-hybridized carbons (Fsp3) is 0.227. The first-order valence-electron chi connectivity index (χ1n) is 10.00. The second-order valence-corrected chi connectivity index (χ2v) is 9.97. The molecule has 164 valence electrons. The van der Waals surface area contributed by atoms with E-state index >= 15 is 0 Å². The predicted molar refractivity (Wildman–Crippen MR) is 121 cm³/mol. The molecule has 2 aromatic heterocycles. The second-order valence-electron chi connectivity index (χ2n) is 7.17. The number of piperidine rings is 1. The van der Waals surface area contributed by atoms with Gasteiger partial charge in [0.15, 0.2) is 10.8 Å². The highest BCUT2D eigenvalue weighted by Crippen LogP contribution is 2.26. The number of carbonyl (C=O) groups is 1. The SMILES string of the molecule is N#C/C(=C/c1csc(-c2ccco2)n1)C(=O)Nc1cccc(S(=O)(=O)N2CCCCC2)c1. The van der Waals surface area contributed by atoms with Gasteiger partial charge in [-0.25, -0.2) is 13.4 Å². The van der Waals surface area contributed by atoms with Gasteiger partial charge in [0.25, 0.3) is 5.91 Å². The summed E-state index contributed by atoms with van der Waals surface area (Å²) < 4.78 is 32.6. The van der Waals surface area contributed by atoms with Crippen LogP contribution in [0.25, 0.3) is 16.8 Å². The number of nitrogens with zero attached hydrogens (tertiary/aromatic N) is 3. The first-order valence-corrected chi connectivity index (χ1v) is 12.3. The zero-order valence-electron chi connectivity index (χ0n) is 17.0. The van der Waals surface area contributed by atoms with E-state index < -0.39 is 15.9 Å². The fourth-order valence-corrected chi connectivity index (χ4v) is 5.66. The van der Waals surface area contributed by atoms with Crippen LogP contribution in [0, 0.1) is 11.3 Å². The molecule has 8 nitrogen and oxygen atoms in total. The molecule has 0 radical (unpaired) electrons. The van der Waals surface area contributed by atoms with Crippen LogP contribution in [-0.2, 0) is 14.8 Å². The Morgan fingerprint density at radius 3 is 2.75 bits per heavy atom. The molecular formula is C22H20N4O4S2. The van der Waals surface area contributed by atoms with Gasteiger partial charge >= 0.3 is 0 Å². The molecule has 1 N–H and O–H groups in total. The molecule has 0 aliphatic carbocycles. The highest BCUT2D eigenvalue weighted by Gasteiger charge is 2.26. The molecule has 0 bridgehead atoms. The molecule has 4 rings (SSSR count). The number of nitriles is 1. The van der Waals surface area contributed by atoms with E-state index in [0.29, 0.717) is 35.2 Å². The van der Waals surface area contributed by atoms with Gasteiger partial charge in [0.2, 0.25) is 10.0 Å². The van der Waals surface area contributed by atoms with Crippen LogP contribution in [0.15, 0.2) is 62.9 Å². The van der Waals surface area contributed by atoms with Gasteiger partial charge in [-0.15, -0.1) is 11.3 Å². The zero-order chi connectivity index (χ0) is 22.6. The summed E-state index contributed by atoms with van der Waals surface area (Å²) in [5.74, 6) is -0.0445. The molecule has 10 heteroatoms. The molecule has 0 spiro atoms. The largest absolute Gasteiger partial charge is 0.462 e. The summed E-state index contributed by atoms with van der Waals surface area (Å²) in [6.45, 7) is 0.988. The molecule has 1 aliphatic heterocycles. The number of aromatic nitrogens is 1. The summed E-state index contributed by atoms with van der Waals surface area (Å²) in [7, 11) is -3.63. The number of nitrogens with one attached hydrogen (secondary N) is 1. The first kappa shape index (κ1) is 22.0. The lowest BCUT2D eigenvalue weighted by atomic mass is 10.2. The van der Waals surface area contributed by atoms with Crippen molar-refractivity contribution in [2.75, 3.05) is 18.4 Å². The average molecular weight is 469 g/mol. The molecule has 1 amide bonds. The van der Waals surface area contributed by atoms with Gasteiger partial charge in [0.05, 0.1) is 16.9 Å². The molecule has 0 saturated carbocycles. The lowest BCUT2D eigenvalue weighted by molar-refractivity contribution is -0.112. The third-order valence-corrected chi connectivity index (χ3v) is 7.73. The molecule has 32 heavy (non-hydrogen) atoms. The Morgan fingerprint density at radius 1 is 1.22 bits per heavy atom. The lowest BCUT2D eigenvalue weighted by Gasteiger charge is -2.26. The highest BCUT2D eigenvalue weighted by atomic mass is 32.2. The third-order valence-electron chi connectivity index (χ3n) is 4.96. The summed E-state index contributed by atoms with van der Waals surface area (Å²) in [5, 5.41) is 14.4. The summed E-state index contributed by atoms with van der Waals surface area (Å²) >= 11 is 1.33. The first-order chi connectivity index (χ1) is 15.5. The number of hydrogen-bond donors (Lipinski definition) is 1. The molecule has 3 aromatic rings. The number of amides is 1. The number of thiazole rings is 1. The van der Waals surface area contributed by atoms with Crippen molar-refractivity contribution in [1.82, 2.24) is 9.29 Å². The highest BCUT2D eigenvalue weighted by molar-refractivity contribution is 7.89. The van der Waals surface area contributed by atoms with Gasteiger partial charge in [0.1, 0.15) is 11.6 Å². The van der Waals surface area contributed by atoms with Gasteiger partial charge in [0, 0.05) is 24.2 Å². The van der Waals surface area contributed by atoms with E-state index in [2.05, 4.69) is 10.3 Å². The van der Waals surface area contributed by atoms with Crippen LogP contribution in [-0.4, -0.2) is 36.7 Å². The number of anilines is 1. The Morgan fingerprint density at radius 2 is 2.03 bits per heavy atom. The number of rotatable bonds is 6. The van der Waals surface area contributed by atoms with Crippen LogP contribution in [0.5, 0.6) is 0 Å². The van der Waals surface area contributed by atoms with Crippen molar-refractivity contribution in [1.29, 1.82) is 5.26 Å². The molecule has 1 aliphatic rings. The number of carbonyl (C=O) groups excluding carboxylic acids is 1. The number of benzene rings is 1. The van der Waals surface area contributed by atoms with Crippen molar-refractivity contribution in [3.63, 3.8) is 0 Å². The zero-order valence-corrected chi connectivity index (χ0v) is 18.7. The maximum atomic E-state index is 12.9. The normalized spacial score (nSPS) is 15.3. The second kappa shape index (κ2) is 9.48. The van der Waals surface area contributed by atoms with Crippen LogP contribution < -0.4 is 5.32 Å². The Labute approximate surface area is 189 Å².